The smallest absolute Gasteiger partial charge is 0.338 e. The first kappa shape index (κ1) is 30.4. The molecule has 7 nitrogen and oxygen atoms in total. The quantitative estimate of drug-likeness (QED) is 0.251. The van der Waals surface area contributed by atoms with Gasteiger partial charge in [0.05, 0.1) is 23.1 Å². The van der Waals surface area contributed by atoms with Crippen LogP contribution in [0.3, 0.4) is 0 Å². The fourth-order valence-electron chi connectivity index (χ4n) is 8.77. The van der Waals surface area contributed by atoms with Crippen molar-refractivity contribution in [1.29, 1.82) is 0 Å². The Morgan fingerprint density at radius 2 is 1.51 bits per heavy atom. The van der Waals surface area contributed by atoms with Gasteiger partial charge in [-0.25, -0.2) is 9.59 Å². The van der Waals surface area contributed by atoms with Crippen LogP contribution in [0.25, 0.3) is 0 Å². The first-order chi connectivity index (χ1) is 20.4. The van der Waals surface area contributed by atoms with E-state index in [0.717, 1.165) is 32.1 Å². The summed E-state index contributed by atoms with van der Waals surface area (Å²) in [5.41, 5.74) is -1.27. The van der Waals surface area contributed by atoms with Gasteiger partial charge in [-0.2, -0.15) is 0 Å². The standard InChI is InChI=1S/C34H38Cl2O7/c1-21-4-13-26-31(2,19-41-29(38)22-5-9-24(35)10-6-22)27(42-30(39)23-7-11-25(36)12-8-23)14-15-32(26,3)34(21)17-16-33(43-34)18-28(37)40-20-33/h5-12,21,26-27H,4,13-20H2,1-3H3/t21-,26?,27+,31+,32+,33?,34-/m1/s1. The Morgan fingerprint density at radius 3 is 2.12 bits per heavy atom. The van der Waals surface area contributed by atoms with E-state index in [1.807, 2.05) is 0 Å². The molecular formula is C34H38Cl2O7. The molecule has 0 radical (unpaired) electrons. The van der Waals surface area contributed by atoms with E-state index in [-0.39, 0.29) is 36.2 Å². The van der Waals surface area contributed by atoms with Gasteiger partial charge in [0.15, 0.2) is 0 Å². The summed E-state index contributed by atoms with van der Waals surface area (Å²) in [5, 5.41) is 1.07. The van der Waals surface area contributed by atoms with Crippen molar-refractivity contribution in [2.24, 2.45) is 22.7 Å². The molecule has 2 aromatic rings. The second kappa shape index (κ2) is 11.1. The largest absolute Gasteiger partial charge is 0.463 e. The van der Waals surface area contributed by atoms with Crippen LogP contribution >= 0.6 is 23.2 Å². The average Bonchev–Trinajstić information content (AvgIpc) is 3.55. The highest BCUT2D eigenvalue weighted by molar-refractivity contribution is 6.31. The molecule has 2 spiro atoms. The second-order valence-electron chi connectivity index (χ2n) is 13.5. The van der Waals surface area contributed by atoms with Gasteiger partial charge in [0.1, 0.15) is 24.9 Å². The molecule has 0 aromatic heterocycles. The molecule has 43 heavy (non-hydrogen) atoms. The fraction of sp³-hybridized carbons (Fsp3) is 0.559. The lowest BCUT2D eigenvalue weighted by molar-refractivity contribution is -0.265. The summed E-state index contributed by atoms with van der Waals surface area (Å²) in [6.07, 6.45) is 4.51. The molecule has 2 unspecified atom stereocenters. The SMILES string of the molecule is C[C@@H]1CCC2[C@](C)(COC(=O)c3ccc(Cl)cc3)[C@@H](OC(=O)c3ccc(Cl)cc3)CC[C@]2(C)[C@@]12CCC1(COC(=O)C1)O2. The molecule has 230 valence electrons. The van der Waals surface area contributed by atoms with Crippen molar-refractivity contribution in [1.82, 2.24) is 0 Å². The second-order valence-corrected chi connectivity index (χ2v) is 14.4. The van der Waals surface area contributed by atoms with E-state index in [9.17, 15) is 14.4 Å². The van der Waals surface area contributed by atoms with Gasteiger partial charge in [0.25, 0.3) is 0 Å². The molecule has 0 bridgehead atoms. The van der Waals surface area contributed by atoms with Gasteiger partial charge in [-0.3, -0.25) is 4.79 Å². The van der Waals surface area contributed by atoms with Gasteiger partial charge in [-0.15, -0.1) is 0 Å². The third-order valence-electron chi connectivity index (χ3n) is 11.1. The number of carbonyl (C=O) groups is 3. The van der Waals surface area contributed by atoms with E-state index >= 15 is 0 Å². The molecule has 2 saturated heterocycles. The van der Waals surface area contributed by atoms with Crippen molar-refractivity contribution in [2.45, 2.75) is 83.0 Å². The molecule has 0 amide bonds. The van der Waals surface area contributed by atoms with E-state index in [0.29, 0.717) is 34.2 Å². The van der Waals surface area contributed by atoms with Crippen LogP contribution in [0.1, 0.15) is 86.4 Å². The molecule has 4 fully saturated rings. The number of cyclic esters (lactones) is 1. The van der Waals surface area contributed by atoms with Crippen molar-refractivity contribution >= 4 is 41.1 Å². The maximum absolute atomic E-state index is 13.4. The highest BCUT2D eigenvalue weighted by Crippen LogP contribution is 2.68. The van der Waals surface area contributed by atoms with Crippen molar-refractivity contribution in [3.8, 4) is 0 Å². The van der Waals surface area contributed by atoms with Crippen LogP contribution in [0.4, 0.5) is 0 Å². The maximum Gasteiger partial charge on any atom is 0.338 e. The Morgan fingerprint density at radius 1 is 0.884 bits per heavy atom. The summed E-state index contributed by atoms with van der Waals surface area (Å²) < 4.78 is 24.8. The van der Waals surface area contributed by atoms with Crippen LogP contribution in [-0.2, 0) is 23.7 Å². The van der Waals surface area contributed by atoms with Crippen molar-refractivity contribution in [3.63, 3.8) is 0 Å². The summed E-state index contributed by atoms with van der Waals surface area (Å²) in [6, 6.07) is 13.2. The Kier molecular flexibility index (Phi) is 7.84. The molecular weight excluding hydrogens is 591 g/mol. The third-order valence-corrected chi connectivity index (χ3v) is 11.6. The van der Waals surface area contributed by atoms with Gasteiger partial charge in [0.2, 0.25) is 0 Å². The minimum absolute atomic E-state index is 0.0131. The third kappa shape index (κ3) is 5.15. The van der Waals surface area contributed by atoms with Crippen molar-refractivity contribution in [2.75, 3.05) is 13.2 Å². The Labute approximate surface area is 262 Å². The Hall–Kier alpha value is -2.61. The van der Waals surface area contributed by atoms with E-state index in [1.165, 1.54) is 0 Å². The lowest BCUT2D eigenvalue weighted by Gasteiger charge is -2.65. The van der Waals surface area contributed by atoms with Crippen molar-refractivity contribution < 1.29 is 33.3 Å². The number of halogens is 2. The summed E-state index contributed by atoms with van der Waals surface area (Å²) in [5.74, 6) is -0.822. The van der Waals surface area contributed by atoms with Gasteiger partial charge >= 0.3 is 17.9 Å². The molecule has 2 aliphatic heterocycles. The van der Waals surface area contributed by atoms with Crippen LogP contribution in [0.5, 0.6) is 0 Å². The van der Waals surface area contributed by atoms with Crippen molar-refractivity contribution in [3.05, 3.63) is 69.7 Å². The number of hydrogen-bond acceptors (Lipinski definition) is 7. The number of benzene rings is 2. The normalized spacial score (nSPS) is 36.8. The average molecular weight is 630 g/mol. The van der Waals surface area contributed by atoms with E-state index in [2.05, 4.69) is 20.8 Å². The highest BCUT2D eigenvalue weighted by Gasteiger charge is 2.70. The number of carbonyl (C=O) groups excluding carboxylic acids is 3. The molecule has 0 N–H and O–H groups in total. The molecule has 2 aromatic carbocycles. The highest BCUT2D eigenvalue weighted by atomic mass is 35.5. The predicted molar refractivity (Wildman–Crippen MR) is 161 cm³/mol. The molecule has 4 aliphatic rings. The molecule has 9 heteroatoms. The summed E-state index contributed by atoms with van der Waals surface area (Å²) in [4.78, 5) is 38.8. The minimum Gasteiger partial charge on any atom is -0.463 e. The molecule has 2 aliphatic carbocycles. The minimum atomic E-state index is -0.703. The summed E-state index contributed by atoms with van der Waals surface area (Å²) >= 11 is 12.1. The molecule has 2 saturated carbocycles. The molecule has 6 rings (SSSR count). The summed E-state index contributed by atoms with van der Waals surface area (Å²) in [7, 11) is 0. The Balaban J connectivity index is 1.33. The fourth-order valence-corrected chi connectivity index (χ4v) is 9.02. The number of fused-ring (bicyclic) bond motifs is 2. The first-order valence-electron chi connectivity index (χ1n) is 15.1. The monoisotopic (exact) mass is 628 g/mol. The predicted octanol–water partition coefficient (Wildman–Crippen LogP) is 7.46. The maximum atomic E-state index is 13.4. The van der Waals surface area contributed by atoms with Gasteiger partial charge < -0.3 is 18.9 Å². The zero-order valence-corrected chi connectivity index (χ0v) is 26.3. The van der Waals surface area contributed by atoms with E-state index < -0.39 is 34.7 Å². The Bertz CT molecular complexity index is 1410. The zero-order valence-electron chi connectivity index (χ0n) is 24.8. The molecule has 2 heterocycles. The number of esters is 3. The van der Waals surface area contributed by atoms with Crippen LogP contribution in [0.15, 0.2) is 48.5 Å². The number of ether oxygens (including phenoxy) is 4. The van der Waals surface area contributed by atoms with Gasteiger partial charge in [-0.1, -0.05) is 44.0 Å². The van der Waals surface area contributed by atoms with E-state index in [1.54, 1.807) is 48.5 Å². The van der Waals surface area contributed by atoms with Gasteiger partial charge in [0, 0.05) is 20.9 Å². The summed E-state index contributed by atoms with van der Waals surface area (Å²) in [6.45, 7) is 6.99. The van der Waals surface area contributed by atoms with Crippen LogP contribution in [-0.4, -0.2) is 48.4 Å². The number of hydrogen-bond donors (Lipinski definition) is 0. The zero-order chi connectivity index (χ0) is 30.6. The first-order valence-corrected chi connectivity index (χ1v) is 15.9. The van der Waals surface area contributed by atoms with Crippen LogP contribution < -0.4 is 0 Å². The van der Waals surface area contributed by atoms with Crippen LogP contribution in [0.2, 0.25) is 10.0 Å². The molecule has 7 atom stereocenters. The lowest BCUT2D eigenvalue weighted by Crippen LogP contribution is -2.67. The topological polar surface area (TPSA) is 88.1 Å². The van der Waals surface area contributed by atoms with Crippen LogP contribution in [0, 0.1) is 22.7 Å². The number of rotatable bonds is 5. The van der Waals surface area contributed by atoms with Gasteiger partial charge in [-0.05, 0) is 98.9 Å². The van der Waals surface area contributed by atoms with E-state index in [4.69, 9.17) is 42.1 Å². The lowest BCUT2D eigenvalue weighted by atomic mass is 9.43.